The molecule has 0 saturated carbocycles. The predicted molar refractivity (Wildman–Crippen MR) is 112 cm³/mol. The third-order valence-electron chi connectivity index (χ3n) is 6.79. The van der Waals surface area contributed by atoms with Gasteiger partial charge in [0.05, 0.1) is 11.4 Å². The molecule has 1 aromatic carbocycles. The molecule has 1 atom stereocenters. The van der Waals surface area contributed by atoms with Crippen LogP contribution in [0.5, 0.6) is 0 Å². The molecule has 0 bridgehead atoms. The molecule has 4 rings (SSSR count). The average Bonchev–Trinajstić information content (AvgIpc) is 3.21. The zero-order chi connectivity index (χ0) is 22.2. The molecule has 170 valence electrons. The third kappa shape index (κ3) is 4.28. The van der Waals surface area contributed by atoms with Gasteiger partial charge in [-0.05, 0) is 50.8 Å². The summed E-state index contributed by atoms with van der Waals surface area (Å²) in [6, 6.07) is 4.36. The van der Waals surface area contributed by atoms with Gasteiger partial charge in [-0.1, -0.05) is 6.07 Å². The third-order valence-corrected chi connectivity index (χ3v) is 6.79. The van der Waals surface area contributed by atoms with Gasteiger partial charge in [-0.2, -0.15) is 0 Å². The zero-order valence-electron chi connectivity index (χ0n) is 17.8. The lowest BCUT2D eigenvalue weighted by Crippen LogP contribution is -2.46. The molecule has 3 N–H and O–H groups in total. The molecule has 3 heterocycles. The minimum absolute atomic E-state index is 0.127. The van der Waals surface area contributed by atoms with E-state index in [9.17, 15) is 18.7 Å². The number of piperidine rings is 1. The van der Waals surface area contributed by atoms with E-state index in [0.717, 1.165) is 12.8 Å². The maximum atomic E-state index is 13.6. The summed E-state index contributed by atoms with van der Waals surface area (Å²) in [6.07, 6.45) is 2.06. The molecule has 1 aromatic rings. The Bertz CT molecular complexity index is 857. The Balaban J connectivity index is 1.71. The van der Waals surface area contributed by atoms with Gasteiger partial charge in [0.1, 0.15) is 0 Å². The summed E-state index contributed by atoms with van der Waals surface area (Å²) in [6.45, 7) is 4.12. The van der Waals surface area contributed by atoms with E-state index >= 15 is 0 Å². The predicted octanol–water partition coefficient (Wildman–Crippen LogP) is 3.39. The van der Waals surface area contributed by atoms with Crippen molar-refractivity contribution < 1.29 is 28.2 Å². The van der Waals surface area contributed by atoms with Crippen molar-refractivity contribution in [2.24, 2.45) is 11.7 Å². The minimum Gasteiger partial charge on any atom is -0.477 e. The number of anilines is 1. The highest BCUT2D eigenvalue weighted by Gasteiger charge is 2.48. The lowest BCUT2D eigenvalue weighted by molar-refractivity contribution is -0.138. The monoisotopic (exact) mass is 436 g/mol. The van der Waals surface area contributed by atoms with Crippen LogP contribution in [0.4, 0.5) is 14.5 Å². The van der Waals surface area contributed by atoms with Crippen molar-refractivity contribution in [2.45, 2.75) is 56.7 Å². The molecule has 2 fully saturated rings. The normalized spacial score (nSPS) is 26.6. The van der Waals surface area contributed by atoms with Gasteiger partial charge < -0.3 is 25.2 Å². The van der Waals surface area contributed by atoms with Crippen molar-refractivity contribution >= 4 is 11.6 Å². The Hall–Kier alpha value is -2.19. The van der Waals surface area contributed by atoms with Gasteiger partial charge >= 0.3 is 0 Å². The Kier molecular flexibility index (Phi) is 5.96. The number of ether oxygens (including phenoxy) is 2. The van der Waals surface area contributed by atoms with Crippen molar-refractivity contribution in [2.75, 3.05) is 31.2 Å². The van der Waals surface area contributed by atoms with Gasteiger partial charge in [-0.3, -0.25) is 4.79 Å². The van der Waals surface area contributed by atoms with E-state index < -0.39 is 23.5 Å². The Morgan fingerprint density at radius 2 is 1.94 bits per heavy atom. The van der Waals surface area contributed by atoms with Crippen LogP contribution in [0.3, 0.4) is 0 Å². The Morgan fingerprint density at radius 3 is 2.55 bits per heavy atom. The number of rotatable bonds is 5. The van der Waals surface area contributed by atoms with Crippen molar-refractivity contribution in [3.05, 3.63) is 41.2 Å². The van der Waals surface area contributed by atoms with Crippen LogP contribution < -0.4 is 10.6 Å². The second-order valence-corrected chi connectivity index (χ2v) is 9.05. The van der Waals surface area contributed by atoms with Crippen molar-refractivity contribution in [1.82, 2.24) is 0 Å². The molecule has 0 radical (unpaired) electrons. The van der Waals surface area contributed by atoms with Crippen LogP contribution >= 0.6 is 0 Å². The quantitative estimate of drug-likeness (QED) is 0.739. The van der Waals surface area contributed by atoms with Crippen LogP contribution in [-0.4, -0.2) is 42.9 Å². The number of allylic oxidation sites excluding steroid dienone is 1. The highest BCUT2D eigenvalue weighted by Crippen LogP contribution is 2.46. The fraction of sp³-hybridized carbons (Fsp3) is 0.609. The van der Waals surface area contributed by atoms with E-state index in [1.165, 1.54) is 12.1 Å². The molecular weight excluding hydrogens is 406 g/mol. The molecule has 3 aliphatic rings. The number of aliphatic hydroxyl groups is 1. The molecule has 0 spiro atoms. The van der Waals surface area contributed by atoms with Crippen molar-refractivity contribution in [1.29, 1.82) is 0 Å². The Labute approximate surface area is 181 Å². The number of nitrogens with zero attached hydrogens (tertiary/aromatic N) is 1. The maximum absolute atomic E-state index is 13.6. The number of carbonyl (C=O) groups is 1. The molecular formula is C23H30F2N2O4. The molecule has 31 heavy (non-hydrogen) atoms. The smallest absolute Gasteiger partial charge is 0.266 e. The van der Waals surface area contributed by atoms with Crippen LogP contribution in [0, 0.1) is 5.92 Å². The van der Waals surface area contributed by atoms with Gasteiger partial charge in [0.2, 0.25) is 5.60 Å². The number of alkyl halides is 2. The molecule has 1 unspecified atom stereocenters. The standard InChI is InChI=1S/C23H30F2N2O4/c1-22(29)8-10-27(11-9-22)18-3-2-16(20(24)25)14-17(18)23(21(26)28)7-4-19(31-23)15-5-12-30-13-6-15/h2-4,14-15,20,29H,5-13H2,1H3,(H2,26,28). The summed E-state index contributed by atoms with van der Waals surface area (Å²) in [7, 11) is 0. The van der Waals surface area contributed by atoms with Crippen LogP contribution in [0.25, 0.3) is 0 Å². The Morgan fingerprint density at radius 1 is 1.26 bits per heavy atom. The van der Waals surface area contributed by atoms with Gasteiger partial charge in [0.15, 0.2) is 0 Å². The summed E-state index contributed by atoms with van der Waals surface area (Å²) >= 11 is 0. The lowest BCUT2D eigenvalue weighted by atomic mass is 9.86. The first-order chi connectivity index (χ1) is 14.7. The van der Waals surface area contributed by atoms with E-state index in [4.69, 9.17) is 15.2 Å². The van der Waals surface area contributed by atoms with Gasteiger partial charge in [0, 0.05) is 55.5 Å². The van der Waals surface area contributed by atoms with Crippen LogP contribution in [-0.2, 0) is 19.9 Å². The second kappa shape index (κ2) is 8.39. The highest BCUT2D eigenvalue weighted by atomic mass is 19.3. The van der Waals surface area contributed by atoms with E-state index in [2.05, 4.69) is 0 Å². The van der Waals surface area contributed by atoms with Crippen molar-refractivity contribution in [3.63, 3.8) is 0 Å². The van der Waals surface area contributed by atoms with Gasteiger partial charge in [-0.25, -0.2) is 8.78 Å². The number of hydrogen-bond donors (Lipinski definition) is 2. The molecule has 2 saturated heterocycles. The van der Waals surface area contributed by atoms with Gasteiger partial charge in [-0.15, -0.1) is 0 Å². The SMILES string of the molecule is CC1(O)CCN(c2ccc(C(F)F)cc2C2(C(N)=O)CC=C(C3CCOCC3)O2)CC1. The van der Waals surface area contributed by atoms with Crippen molar-refractivity contribution in [3.8, 4) is 0 Å². The topological polar surface area (TPSA) is 85.0 Å². The van der Waals surface area contributed by atoms with E-state index in [1.54, 1.807) is 13.0 Å². The summed E-state index contributed by atoms with van der Waals surface area (Å²) in [5.74, 6) is 0.126. The molecule has 0 aliphatic carbocycles. The first kappa shape index (κ1) is 22.0. The summed E-state index contributed by atoms with van der Waals surface area (Å²) in [4.78, 5) is 14.8. The van der Waals surface area contributed by atoms with E-state index in [0.29, 0.717) is 56.2 Å². The first-order valence-electron chi connectivity index (χ1n) is 10.9. The summed E-state index contributed by atoms with van der Waals surface area (Å²) in [5.41, 5.74) is 4.43. The largest absolute Gasteiger partial charge is 0.477 e. The fourth-order valence-electron chi connectivity index (χ4n) is 4.73. The molecule has 8 heteroatoms. The van der Waals surface area contributed by atoms with Gasteiger partial charge in [0.25, 0.3) is 12.3 Å². The van der Waals surface area contributed by atoms with E-state index in [1.807, 2.05) is 11.0 Å². The number of primary amides is 1. The van der Waals surface area contributed by atoms with Crippen LogP contribution in [0.1, 0.15) is 56.6 Å². The van der Waals surface area contributed by atoms with Crippen LogP contribution in [0.2, 0.25) is 0 Å². The number of nitrogens with two attached hydrogens (primary N) is 1. The second-order valence-electron chi connectivity index (χ2n) is 9.05. The maximum Gasteiger partial charge on any atom is 0.266 e. The number of amides is 1. The summed E-state index contributed by atoms with van der Waals surface area (Å²) < 4.78 is 38.8. The van der Waals surface area contributed by atoms with Crippen LogP contribution in [0.15, 0.2) is 30.0 Å². The molecule has 0 aromatic heterocycles. The molecule has 3 aliphatic heterocycles. The molecule has 1 amide bonds. The number of hydrogen-bond acceptors (Lipinski definition) is 5. The fourth-order valence-corrected chi connectivity index (χ4v) is 4.73. The molecule has 6 nitrogen and oxygen atoms in total. The summed E-state index contributed by atoms with van der Waals surface area (Å²) in [5, 5.41) is 10.3. The number of benzene rings is 1. The highest BCUT2D eigenvalue weighted by molar-refractivity contribution is 5.88. The van der Waals surface area contributed by atoms with E-state index in [-0.39, 0.29) is 17.9 Å². The number of halogens is 2. The first-order valence-corrected chi connectivity index (χ1v) is 10.9. The zero-order valence-corrected chi connectivity index (χ0v) is 17.8. The number of carbonyl (C=O) groups excluding carboxylic acids is 1. The minimum atomic E-state index is -2.68. The average molecular weight is 436 g/mol. The lowest BCUT2D eigenvalue weighted by Gasteiger charge is -2.40.